The maximum absolute atomic E-state index is 10.6. The number of carboxylic acids is 1. The molecular formula is C19H26F3NO5. The molecule has 0 aliphatic carbocycles. The summed E-state index contributed by atoms with van der Waals surface area (Å²) in [5, 5.41) is 7.12. The second-order valence-electron chi connectivity index (χ2n) is 7.02. The van der Waals surface area contributed by atoms with Gasteiger partial charge in [0.25, 0.3) is 0 Å². The van der Waals surface area contributed by atoms with E-state index in [0.29, 0.717) is 0 Å². The molecule has 2 atom stereocenters. The van der Waals surface area contributed by atoms with E-state index in [9.17, 15) is 13.2 Å². The molecule has 2 heterocycles. The van der Waals surface area contributed by atoms with Crippen LogP contribution in [0.5, 0.6) is 5.75 Å². The zero-order valence-electron chi connectivity index (χ0n) is 16.0. The van der Waals surface area contributed by atoms with E-state index in [1.165, 1.54) is 12.0 Å². The molecule has 0 radical (unpaired) electrons. The van der Waals surface area contributed by atoms with Gasteiger partial charge >= 0.3 is 12.1 Å². The predicted octanol–water partition coefficient (Wildman–Crippen LogP) is 3.10. The molecule has 1 aromatic carbocycles. The Hall–Kier alpha value is -1.84. The Bertz CT molecular complexity index is 637. The summed E-state index contributed by atoms with van der Waals surface area (Å²) in [7, 11) is 3.48. The van der Waals surface area contributed by atoms with Crippen LogP contribution >= 0.6 is 0 Å². The summed E-state index contributed by atoms with van der Waals surface area (Å²) < 4.78 is 48.5. The van der Waals surface area contributed by atoms with Crippen molar-refractivity contribution in [1.29, 1.82) is 0 Å². The second-order valence-corrected chi connectivity index (χ2v) is 7.02. The van der Waals surface area contributed by atoms with Crippen molar-refractivity contribution in [3.63, 3.8) is 0 Å². The summed E-state index contributed by atoms with van der Waals surface area (Å²) in [4.78, 5) is 11.4. The summed E-state index contributed by atoms with van der Waals surface area (Å²) in [6, 6.07) is 8.35. The lowest BCUT2D eigenvalue weighted by molar-refractivity contribution is -0.192. The molecule has 1 aromatic rings. The average Bonchev–Trinajstić information content (AvgIpc) is 3.04. The van der Waals surface area contributed by atoms with Gasteiger partial charge in [-0.05, 0) is 37.1 Å². The lowest BCUT2D eigenvalue weighted by Gasteiger charge is -2.39. The quantitative estimate of drug-likeness (QED) is 0.830. The van der Waals surface area contributed by atoms with Crippen molar-refractivity contribution in [2.45, 2.75) is 43.7 Å². The zero-order valence-corrected chi connectivity index (χ0v) is 16.0. The van der Waals surface area contributed by atoms with Gasteiger partial charge in [0.15, 0.2) is 0 Å². The molecule has 6 nitrogen and oxygen atoms in total. The normalized spacial score (nSPS) is 25.2. The number of hydrogen-bond acceptors (Lipinski definition) is 5. The minimum Gasteiger partial charge on any atom is -0.497 e. The number of halogens is 3. The number of benzene rings is 1. The van der Waals surface area contributed by atoms with Gasteiger partial charge in [-0.15, -0.1) is 0 Å². The van der Waals surface area contributed by atoms with Gasteiger partial charge < -0.3 is 19.3 Å². The smallest absolute Gasteiger partial charge is 0.490 e. The number of methoxy groups -OCH3 is 2. The van der Waals surface area contributed by atoms with E-state index in [2.05, 4.69) is 17.0 Å². The number of aliphatic carboxylic acids is 1. The van der Waals surface area contributed by atoms with Gasteiger partial charge in [-0.3, -0.25) is 4.90 Å². The Morgan fingerprint density at radius 3 is 2.46 bits per heavy atom. The third-order valence-electron chi connectivity index (χ3n) is 4.93. The molecule has 0 aromatic heterocycles. The van der Waals surface area contributed by atoms with Gasteiger partial charge in [0, 0.05) is 26.6 Å². The zero-order chi connectivity index (χ0) is 20.8. The van der Waals surface area contributed by atoms with Crippen LogP contribution < -0.4 is 4.74 Å². The van der Waals surface area contributed by atoms with Crippen LogP contribution in [-0.2, 0) is 20.8 Å². The SMILES string of the molecule is COc1ccc(CN2CCC[C@]3(C[C@H](OC)CO3)C2)cc1.O=C(O)C(F)(F)F. The maximum atomic E-state index is 10.6. The van der Waals surface area contributed by atoms with Crippen molar-refractivity contribution in [2.24, 2.45) is 0 Å². The highest BCUT2D eigenvalue weighted by Crippen LogP contribution is 2.36. The van der Waals surface area contributed by atoms with Crippen LogP contribution in [0.1, 0.15) is 24.8 Å². The van der Waals surface area contributed by atoms with Gasteiger partial charge in [0.05, 0.1) is 25.4 Å². The summed E-state index contributed by atoms with van der Waals surface area (Å²) in [6.45, 7) is 3.88. The standard InChI is InChI=1S/C17H25NO3.C2HF3O2/c1-19-15-6-4-14(5-7-15)11-18-9-3-8-17(13-18)10-16(20-2)12-21-17;3-2(4,5)1(6)7/h4-7,16H,3,8-13H2,1-2H3;(H,6,7)/t16-,17-;/m0./s1. The fraction of sp³-hybridized carbons (Fsp3) is 0.632. The largest absolute Gasteiger partial charge is 0.497 e. The van der Waals surface area contributed by atoms with Crippen molar-refractivity contribution in [2.75, 3.05) is 33.9 Å². The van der Waals surface area contributed by atoms with E-state index in [1.807, 2.05) is 12.1 Å². The Balaban J connectivity index is 0.000000345. The fourth-order valence-electron chi connectivity index (χ4n) is 3.55. The number of ether oxygens (including phenoxy) is 3. The molecule has 2 aliphatic rings. The third kappa shape index (κ3) is 6.35. The molecule has 3 rings (SSSR count). The van der Waals surface area contributed by atoms with Crippen LogP contribution in [0.15, 0.2) is 24.3 Å². The minimum atomic E-state index is -5.08. The van der Waals surface area contributed by atoms with Crippen molar-refractivity contribution in [3.8, 4) is 5.75 Å². The molecule has 0 saturated carbocycles. The van der Waals surface area contributed by atoms with Crippen molar-refractivity contribution in [3.05, 3.63) is 29.8 Å². The van der Waals surface area contributed by atoms with Gasteiger partial charge in [-0.25, -0.2) is 4.79 Å². The summed E-state index contributed by atoms with van der Waals surface area (Å²) >= 11 is 0. The number of alkyl halides is 3. The molecule has 1 spiro atoms. The molecule has 1 N–H and O–H groups in total. The van der Waals surface area contributed by atoms with Gasteiger partial charge in [-0.1, -0.05) is 12.1 Å². The van der Waals surface area contributed by atoms with Gasteiger partial charge in [0.1, 0.15) is 5.75 Å². The highest BCUT2D eigenvalue weighted by atomic mass is 19.4. The molecule has 0 bridgehead atoms. The van der Waals surface area contributed by atoms with E-state index in [1.54, 1.807) is 14.2 Å². The Morgan fingerprint density at radius 1 is 1.32 bits per heavy atom. The van der Waals surface area contributed by atoms with Crippen LogP contribution in [0, 0.1) is 0 Å². The van der Waals surface area contributed by atoms with Crippen LogP contribution in [0.3, 0.4) is 0 Å². The summed E-state index contributed by atoms with van der Waals surface area (Å²) in [5.41, 5.74) is 1.35. The van der Waals surface area contributed by atoms with Crippen molar-refractivity contribution < 1.29 is 37.3 Å². The second kappa shape index (κ2) is 9.58. The number of likely N-dealkylation sites (tertiary alicyclic amines) is 1. The minimum absolute atomic E-state index is 0.0192. The van der Waals surface area contributed by atoms with Crippen LogP contribution in [0.25, 0.3) is 0 Å². The fourth-order valence-corrected chi connectivity index (χ4v) is 3.55. The summed E-state index contributed by atoms with van der Waals surface area (Å²) in [6.07, 6.45) is -1.42. The number of hydrogen-bond donors (Lipinski definition) is 1. The molecule has 158 valence electrons. The van der Waals surface area contributed by atoms with E-state index >= 15 is 0 Å². The predicted molar refractivity (Wildman–Crippen MR) is 95.3 cm³/mol. The van der Waals surface area contributed by atoms with Gasteiger partial charge in [0.2, 0.25) is 0 Å². The molecule has 9 heteroatoms. The van der Waals surface area contributed by atoms with E-state index in [0.717, 1.165) is 44.8 Å². The number of carbonyl (C=O) groups is 1. The Morgan fingerprint density at radius 2 is 1.96 bits per heavy atom. The highest BCUT2D eigenvalue weighted by molar-refractivity contribution is 5.73. The van der Waals surface area contributed by atoms with Crippen LogP contribution in [-0.4, -0.2) is 67.8 Å². The van der Waals surface area contributed by atoms with Crippen molar-refractivity contribution >= 4 is 5.97 Å². The molecule has 28 heavy (non-hydrogen) atoms. The first kappa shape index (κ1) is 22.4. The van der Waals surface area contributed by atoms with Crippen LogP contribution in [0.2, 0.25) is 0 Å². The van der Waals surface area contributed by atoms with E-state index < -0.39 is 12.1 Å². The average molecular weight is 405 g/mol. The third-order valence-corrected chi connectivity index (χ3v) is 4.93. The lowest BCUT2D eigenvalue weighted by atomic mass is 9.89. The molecular weight excluding hydrogens is 379 g/mol. The Kier molecular flexibility index (Phi) is 7.68. The molecule has 2 aliphatic heterocycles. The number of piperidine rings is 1. The van der Waals surface area contributed by atoms with Gasteiger partial charge in [-0.2, -0.15) is 13.2 Å². The van der Waals surface area contributed by atoms with Crippen LogP contribution in [0.4, 0.5) is 13.2 Å². The lowest BCUT2D eigenvalue weighted by Crippen LogP contribution is -2.47. The Labute approximate surface area is 162 Å². The number of rotatable bonds is 4. The van der Waals surface area contributed by atoms with E-state index in [4.69, 9.17) is 24.1 Å². The van der Waals surface area contributed by atoms with E-state index in [-0.39, 0.29) is 11.7 Å². The number of nitrogens with zero attached hydrogens (tertiary/aromatic N) is 1. The topological polar surface area (TPSA) is 68.2 Å². The first-order chi connectivity index (χ1) is 13.2. The summed E-state index contributed by atoms with van der Waals surface area (Å²) in [5.74, 6) is -1.84. The molecule has 2 fully saturated rings. The highest BCUT2D eigenvalue weighted by Gasteiger charge is 2.43. The monoisotopic (exact) mass is 405 g/mol. The maximum Gasteiger partial charge on any atom is 0.490 e. The molecule has 0 amide bonds. The molecule has 2 saturated heterocycles. The first-order valence-corrected chi connectivity index (χ1v) is 8.99. The number of carboxylic acid groups (broad SMARTS) is 1. The first-order valence-electron chi connectivity index (χ1n) is 8.99. The van der Waals surface area contributed by atoms with Crippen molar-refractivity contribution in [1.82, 2.24) is 4.90 Å². The molecule has 0 unspecified atom stereocenters.